The molecule has 0 atom stereocenters. The summed E-state index contributed by atoms with van der Waals surface area (Å²) in [6, 6.07) is 4.78. The second-order valence-corrected chi connectivity index (χ2v) is 3.81. The van der Waals surface area contributed by atoms with Crippen molar-refractivity contribution in [3.8, 4) is 0 Å². The summed E-state index contributed by atoms with van der Waals surface area (Å²) in [5.74, 6) is -0.385. The predicted octanol–water partition coefficient (Wildman–Crippen LogP) is 1.44. The molecule has 16 heavy (non-hydrogen) atoms. The van der Waals surface area contributed by atoms with E-state index in [1.54, 1.807) is 26.1 Å². The lowest BCUT2D eigenvalue weighted by Crippen LogP contribution is -2.25. The monoisotopic (exact) mass is 220 g/mol. The van der Waals surface area contributed by atoms with Gasteiger partial charge in [0.1, 0.15) is 5.82 Å². The van der Waals surface area contributed by atoms with E-state index in [0.29, 0.717) is 11.1 Å². The van der Waals surface area contributed by atoms with Gasteiger partial charge in [0.05, 0.1) is 5.52 Å². The molecule has 0 aliphatic rings. The van der Waals surface area contributed by atoms with Crippen LogP contribution in [0, 0.1) is 12.7 Å². The minimum Gasteiger partial charge on any atom is -0.326 e. The predicted molar refractivity (Wildman–Crippen MR) is 61.8 cm³/mol. The van der Waals surface area contributed by atoms with Crippen LogP contribution in [0.1, 0.15) is 11.1 Å². The van der Waals surface area contributed by atoms with Crippen LogP contribution < -0.4 is 11.3 Å². The van der Waals surface area contributed by atoms with Crippen LogP contribution in [0.5, 0.6) is 0 Å². The lowest BCUT2D eigenvalue weighted by atomic mass is 10.0. The zero-order valence-corrected chi connectivity index (χ0v) is 9.25. The highest BCUT2D eigenvalue weighted by Gasteiger charge is 2.12. The summed E-state index contributed by atoms with van der Waals surface area (Å²) in [4.78, 5) is 11.9. The van der Waals surface area contributed by atoms with Crippen molar-refractivity contribution >= 4 is 10.9 Å². The molecule has 0 radical (unpaired) electrons. The van der Waals surface area contributed by atoms with Crippen LogP contribution in [0.15, 0.2) is 23.0 Å². The van der Waals surface area contributed by atoms with Crippen molar-refractivity contribution in [1.82, 2.24) is 4.57 Å². The largest absolute Gasteiger partial charge is 0.326 e. The van der Waals surface area contributed by atoms with Gasteiger partial charge in [-0.3, -0.25) is 4.79 Å². The molecule has 84 valence electrons. The molecule has 0 spiro atoms. The molecule has 1 heterocycles. The van der Waals surface area contributed by atoms with Crippen molar-refractivity contribution in [2.45, 2.75) is 13.5 Å². The molecule has 2 N–H and O–H groups in total. The molecule has 0 saturated heterocycles. The first kappa shape index (κ1) is 10.8. The normalized spacial score (nSPS) is 11.0. The van der Waals surface area contributed by atoms with Gasteiger partial charge in [0.15, 0.2) is 0 Å². The topological polar surface area (TPSA) is 48.0 Å². The van der Waals surface area contributed by atoms with Crippen molar-refractivity contribution in [3.05, 3.63) is 45.5 Å². The number of hydrogen-bond donors (Lipinski definition) is 1. The lowest BCUT2D eigenvalue weighted by Gasteiger charge is -2.12. The van der Waals surface area contributed by atoms with Crippen molar-refractivity contribution < 1.29 is 4.39 Å². The Hall–Kier alpha value is -1.68. The van der Waals surface area contributed by atoms with Crippen LogP contribution in [-0.2, 0) is 13.6 Å². The van der Waals surface area contributed by atoms with Crippen LogP contribution in [0.2, 0.25) is 0 Å². The Balaban J connectivity index is 3.08. The second kappa shape index (κ2) is 3.72. The number of benzene rings is 1. The van der Waals surface area contributed by atoms with Crippen molar-refractivity contribution in [3.63, 3.8) is 0 Å². The summed E-state index contributed by atoms with van der Waals surface area (Å²) in [7, 11) is 1.56. The number of halogens is 1. The molecular weight excluding hydrogens is 207 g/mol. The maximum absolute atomic E-state index is 13.7. The van der Waals surface area contributed by atoms with Gasteiger partial charge in [-0.1, -0.05) is 12.1 Å². The van der Waals surface area contributed by atoms with Gasteiger partial charge in [0.2, 0.25) is 0 Å². The van der Waals surface area contributed by atoms with Crippen molar-refractivity contribution in [2.75, 3.05) is 0 Å². The molecule has 0 aliphatic heterocycles. The Morgan fingerprint density at radius 1 is 1.44 bits per heavy atom. The summed E-state index contributed by atoms with van der Waals surface area (Å²) < 4.78 is 15.0. The number of nitrogens with two attached hydrogens (primary N) is 1. The fraction of sp³-hybridized carbons (Fsp3) is 0.250. The lowest BCUT2D eigenvalue weighted by molar-refractivity contribution is 0.628. The fourth-order valence-electron chi connectivity index (χ4n) is 2.03. The molecule has 2 rings (SSSR count). The highest BCUT2D eigenvalue weighted by molar-refractivity contribution is 5.83. The second-order valence-electron chi connectivity index (χ2n) is 3.81. The fourth-order valence-corrected chi connectivity index (χ4v) is 2.03. The number of pyridine rings is 1. The van der Waals surface area contributed by atoms with Crippen LogP contribution in [0.25, 0.3) is 10.9 Å². The third kappa shape index (κ3) is 1.34. The van der Waals surface area contributed by atoms with Crippen LogP contribution >= 0.6 is 0 Å². The van der Waals surface area contributed by atoms with E-state index >= 15 is 0 Å². The number of hydrogen-bond acceptors (Lipinski definition) is 2. The third-order valence-electron chi connectivity index (χ3n) is 2.95. The summed E-state index contributed by atoms with van der Waals surface area (Å²) in [5, 5.41) is 0.738. The van der Waals surface area contributed by atoms with E-state index in [-0.39, 0.29) is 17.9 Å². The van der Waals surface area contributed by atoms with E-state index in [9.17, 15) is 9.18 Å². The van der Waals surface area contributed by atoms with E-state index in [1.807, 2.05) is 0 Å². The minimum absolute atomic E-state index is 0.172. The molecule has 0 aliphatic carbocycles. The van der Waals surface area contributed by atoms with Gasteiger partial charge in [-0.05, 0) is 18.6 Å². The molecule has 3 nitrogen and oxygen atoms in total. The third-order valence-corrected chi connectivity index (χ3v) is 2.95. The minimum atomic E-state index is -0.385. The van der Waals surface area contributed by atoms with E-state index in [1.165, 1.54) is 10.6 Å². The number of nitrogens with zero attached hydrogens (tertiary/aromatic N) is 1. The van der Waals surface area contributed by atoms with Gasteiger partial charge >= 0.3 is 0 Å². The number of rotatable bonds is 1. The van der Waals surface area contributed by atoms with E-state index < -0.39 is 0 Å². The Labute approximate surface area is 92.3 Å². The quantitative estimate of drug-likeness (QED) is 0.790. The van der Waals surface area contributed by atoms with Crippen LogP contribution in [-0.4, -0.2) is 4.57 Å². The molecule has 0 saturated carbocycles. The first-order valence-electron chi connectivity index (χ1n) is 5.04. The average Bonchev–Trinajstić information content (AvgIpc) is 2.27. The zero-order chi connectivity index (χ0) is 11.9. The maximum Gasteiger partial charge on any atom is 0.255 e. The summed E-state index contributed by atoms with van der Waals surface area (Å²) >= 11 is 0. The first-order chi connectivity index (χ1) is 7.57. The van der Waals surface area contributed by atoms with E-state index in [2.05, 4.69) is 0 Å². The Morgan fingerprint density at radius 3 is 2.75 bits per heavy atom. The van der Waals surface area contributed by atoms with Crippen LogP contribution in [0.4, 0.5) is 4.39 Å². The summed E-state index contributed by atoms with van der Waals surface area (Å²) in [5.41, 5.74) is 6.96. The molecule has 0 bridgehead atoms. The first-order valence-corrected chi connectivity index (χ1v) is 5.04. The molecule has 1 aromatic carbocycles. The Kier molecular flexibility index (Phi) is 2.52. The van der Waals surface area contributed by atoms with Gasteiger partial charge in [0.25, 0.3) is 5.56 Å². The van der Waals surface area contributed by atoms with Gasteiger partial charge in [-0.25, -0.2) is 4.39 Å². The highest BCUT2D eigenvalue weighted by atomic mass is 19.1. The highest BCUT2D eigenvalue weighted by Crippen LogP contribution is 2.20. The standard InChI is InChI=1S/C12H13FN2O/c1-7-8-4-3-5-10(13)11(8)15(2)12(16)9(7)6-14/h3-5H,6,14H2,1-2H3. The Morgan fingerprint density at radius 2 is 2.12 bits per heavy atom. The summed E-state index contributed by atoms with van der Waals surface area (Å²) in [6.45, 7) is 1.97. The van der Waals surface area contributed by atoms with Gasteiger partial charge < -0.3 is 10.3 Å². The smallest absolute Gasteiger partial charge is 0.255 e. The average molecular weight is 220 g/mol. The number of fused-ring (bicyclic) bond motifs is 1. The molecule has 0 unspecified atom stereocenters. The molecule has 0 amide bonds. The molecule has 2 aromatic rings. The van der Waals surface area contributed by atoms with Crippen LogP contribution in [0.3, 0.4) is 0 Å². The van der Waals surface area contributed by atoms with E-state index in [0.717, 1.165) is 10.9 Å². The van der Waals surface area contributed by atoms with Crippen molar-refractivity contribution in [1.29, 1.82) is 0 Å². The Bertz CT molecular complexity index is 616. The SMILES string of the molecule is Cc1c(CN)c(=O)n(C)c2c(F)cccc12. The molecule has 4 heteroatoms. The zero-order valence-electron chi connectivity index (χ0n) is 9.25. The van der Waals surface area contributed by atoms with Crippen molar-refractivity contribution in [2.24, 2.45) is 12.8 Å². The summed E-state index contributed by atoms with van der Waals surface area (Å²) in [6.07, 6.45) is 0. The number of aromatic nitrogens is 1. The van der Waals surface area contributed by atoms with E-state index in [4.69, 9.17) is 5.73 Å². The number of para-hydroxylation sites is 1. The molecule has 1 aromatic heterocycles. The number of aryl methyl sites for hydroxylation is 2. The maximum atomic E-state index is 13.7. The molecular formula is C12H13FN2O. The van der Waals surface area contributed by atoms with Gasteiger partial charge in [0, 0.05) is 24.5 Å². The van der Waals surface area contributed by atoms with Gasteiger partial charge in [-0.2, -0.15) is 0 Å². The molecule has 0 fully saturated rings. The van der Waals surface area contributed by atoms with Gasteiger partial charge in [-0.15, -0.1) is 0 Å².